The van der Waals surface area contributed by atoms with Crippen LogP contribution in [0.15, 0.2) is 47.4 Å². The van der Waals surface area contributed by atoms with Crippen LogP contribution in [0.4, 0.5) is 10.5 Å². The number of sulfonamides is 1. The van der Waals surface area contributed by atoms with Crippen LogP contribution in [0.3, 0.4) is 0 Å². The molecule has 15 nitrogen and oxygen atoms in total. The molecule has 0 spiro atoms. The molecule has 5 rings (SSSR count). The van der Waals surface area contributed by atoms with Crippen molar-refractivity contribution in [2.75, 3.05) is 54.6 Å². The second-order valence-corrected chi connectivity index (χ2v) is 15.9. The zero-order chi connectivity index (χ0) is 38.0. The summed E-state index contributed by atoms with van der Waals surface area (Å²) in [6.45, 7) is 5.66. The highest BCUT2D eigenvalue weighted by molar-refractivity contribution is 7.89. The van der Waals surface area contributed by atoms with Crippen LogP contribution in [0.25, 0.3) is 17.0 Å². The molecule has 0 aliphatic carbocycles. The van der Waals surface area contributed by atoms with Crippen LogP contribution in [0.2, 0.25) is 0 Å². The van der Waals surface area contributed by atoms with Gasteiger partial charge < -0.3 is 28.6 Å². The third-order valence-electron chi connectivity index (χ3n) is 9.18. The van der Waals surface area contributed by atoms with Crippen LogP contribution >= 0.6 is 0 Å². The Labute approximate surface area is 303 Å². The molecule has 0 saturated carbocycles. The van der Waals surface area contributed by atoms with Gasteiger partial charge in [-0.1, -0.05) is 18.2 Å². The van der Waals surface area contributed by atoms with Crippen LogP contribution in [-0.4, -0.2) is 106 Å². The first-order valence-corrected chi connectivity index (χ1v) is 18.4. The van der Waals surface area contributed by atoms with E-state index < -0.39 is 48.9 Å². The Bertz CT molecular complexity index is 1980. The van der Waals surface area contributed by atoms with Gasteiger partial charge in [0, 0.05) is 50.5 Å². The molecule has 2 aliphatic heterocycles. The number of nitro groups is 1. The molecule has 1 saturated heterocycles. The normalized spacial score (nSPS) is 19.8. The number of methoxy groups -OCH3 is 2. The molecule has 3 aromatic rings. The average molecular weight is 743 g/mol. The predicted octanol–water partition coefficient (Wildman–Crippen LogP) is 5.23. The fourth-order valence-electron chi connectivity index (χ4n) is 6.73. The van der Waals surface area contributed by atoms with E-state index in [1.165, 1.54) is 46.2 Å². The van der Waals surface area contributed by atoms with Gasteiger partial charge >= 0.3 is 6.09 Å². The van der Waals surface area contributed by atoms with E-state index in [0.717, 1.165) is 6.07 Å². The van der Waals surface area contributed by atoms with Crippen LogP contribution in [0.1, 0.15) is 51.3 Å². The lowest BCUT2D eigenvalue weighted by molar-refractivity contribution is -0.387. The van der Waals surface area contributed by atoms with Crippen molar-refractivity contribution < 1.29 is 46.6 Å². The molecule has 1 aromatic heterocycles. The summed E-state index contributed by atoms with van der Waals surface area (Å²) < 4.78 is 60.7. The number of fused-ring (bicyclic) bond motifs is 3. The number of nitrogens with zero attached hydrogens (tertiary/aromatic N) is 4. The molecular weight excluding hydrogens is 696 g/mol. The summed E-state index contributed by atoms with van der Waals surface area (Å²) in [5.41, 5.74) is -1.29. The molecular formula is C36H46N4O11S. The fraction of sp³-hybridized carbons (Fsp3) is 0.500. The molecule has 16 heteroatoms. The maximum atomic E-state index is 14.4. The fourth-order valence-corrected chi connectivity index (χ4v) is 8.37. The molecule has 0 unspecified atom stereocenters. The highest BCUT2D eigenvalue weighted by atomic mass is 32.2. The van der Waals surface area contributed by atoms with Gasteiger partial charge in [-0.3, -0.25) is 14.9 Å². The average Bonchev–Trinajstić information content (AvgIpc) is 3.73. The van der Waals surface area contributed by atoms with Crippen molar-refractivity contribution >= 4 is 44.7 Å². The largest absolute Gasteiger partial charge is 0.493 e. The van der Waals surface area contributed by atoms with E-state index in [9.17, 15) is 28.1 Å². The number of ether oxygens (including phenoxy) is 5. The monoisotopic (exact) mass is 742 g/mol. The van der Waals surface area contributed by atoms with Gasteiger partial charge in [-0.05, 0) is 69.9 Å². The van der Waals surface area contributed by atoms with E-state index in [1.807, 2.05) is 6.08 Å². The number of nitro benzene ring substituents is 1. The summed E-state index contributed by atoms with van der Waals surface area (Å²) in [5, 5.41) is 12.5. The van der Waals surface area contributed by atoms with Crippen LogP contribution < -0.4 is 9.47 Å². The molecule has 1 fully saturated rings. The number of para-hydroxylation sites is 1. The molecule has 0 bridgehead atoms. The van der Waals surface area contributed by atoms with Crippen molar-refractivity contribution in [3.8, 4) is 11.5 Å². The minimum absolute atomic E-state index is 0.0377. The van der Waals surface area contributed by atoms with Crippen molar-refractivity contribution in [3.63, 3.8) is 0 Å². The van der Waals surface area contributed by atoms with Crippen molar-refractivity contribution in [1.29, 1.82) is 0 Å². The zero-order valence-electron chi connectivity index (χ0n) is 30.5. The maximum absolute atomic E-state index is 14.4. The Morgan fingerprint density at radius 3 is 2.37 bits per heavy atom. The lowest BCUT2D eigenvalue weighted by Gasteiger charge is -2.36. The van der Waals surface area contributed by atoms with Crippen LogP contribution in [-0.2, 0) is 35.4 Å². The highest BCUT2D eigenvalue weighted by Crippen LogP contribution is 2.44. The standard InChI is InChI=1S/C36H46N4O11S/c1-35(2,3)51-34(42)39-26-15-18-36(23-30(41)37(4)5,33-49-21-22-50-33)17-10-19-38(52(45,46)29-12-9-8-11-27(29)40(43)44)20-16-24(26)25-13-14-28(47-6)32(48-7)31(25)39/h8-9,11-15,18,33H,10,16-17,19-23H2,1-7H3/b18-15+/t36-/m1/s1. The van der Waals surface area contributed by atoms with Crippen molar-refractivity contribution in [3.05, 3.63) is 63.8 Å². The van der Waals surface area contributed by atoms with Crippen molar-refractivity contribution in [2.24, 2.45) is 5.41 Å². The topological polar surface area (TPSA) is 169 Å². The molecule has 1 atom stereocenters. The predicted molar refractivity (Wildman–Crippen MR) is 192 cm³/mol. The smallest absolute Gasteiger partial charge is 0.419 e. The van der Waals surface area contributed by atoms with Gasteiger partial charge in [-0.25, -0.2) is 17.8 Å². The summed E-state index contributed by atoms with van der Waals surface area (Å²) in [7, 11) is 1.77. The lowest BCUT2D eigenvalue weighted by atomic mass is 9.78. The molecule has 2 aliphatic rings. The Balaban J connectivity index is 1.82. The summed E-state index contributed by atoms with van der Waals surface area (Å²) in [6, 6.07) is 8.68. The van der Waals surface area contributed by atoms with Crippen molar-refractivity contribution in [2.45, 2.75) is 63.2 Å². The Morgan fingerprint density at radius 1 is 1.06 bits per heavy atom. The lowest BCUT2D eigenvalue weighted by Crippen LogP contribution is -2.41. The number of carbonyl (C=O) groups is 2. The number of benzene rings is 2. The SMILES string of the molecule is COc1ccc2c3c(n(C(=O)OC(C)(C)C)c2c1OC)/C=C/[C@](CC(=O)N(C)C)(C1OCCO1)CCCN(S(=O)(=O)c1ccccc1[N+](=O)[O-])CC3. The second kappa shape index (κ2) is 15.2. The first kappa shape index (κ1) is 38.7. The molecule has 0 N–H and O–H groups in total. The number of hydrogen-bond acceptors (Lipinski definition) is 11. The van der Waals surface area contributed by atoms with Gasteiger partial charge in [0.05, 0.1) is 38.1 Å². The minimum Gasteiger partial charge on any atom is -0.493 e. The molecule has 52 heavy (non-hydrogen) atoms. The number of rotatable bonds is 8. The molecule has 2 aromatic carbocycles. The van der Waals surface area contributed by atoms with E-state index in [0.29, 0.717) is 27.9 Å². The Hall–Kier alpha value is -4.51. The second-order valence-electron chi connectivity index (χ2n) is 14.0. The highest BCUT2D eigenvalue weighted by Gasteiger charge is 2.44. The van der Waals surface area contributed by atoms with E-state index in [-0.39, 0.29) is 63.6 Å². The van der Waals surface area contributed by atoms with Crippen LogP contribution in [0, 0.1) is 15.5 Å². The maximum Gasteiger partial charge on any atom is 0.419 e. The number of carbonyl (C=O) groups excluding carboxylic acids is 2. The summed E-state index contributed by atoms with van der Waals surface area (Å²) in [4.78, 5) is 40.0. The summed E-state index contributed by atoms with van der Waals surface area (Å²) >= 11 is 0. The third-order valence-corrected chi connectivity index (χ3v) is 11.1. The first-order valence-electron chi connectivity index (χ1n) is 16.9. The number of aromatic nitrogens is 1. The van der Waals surface area contributed by atoms with E-state index in [1.54, 1.807) is 53.1 Å². The van der Waals surface area contributed by atoms with Gasteiger partial charge in [0.25, 0.3) is 5.69 Å². The Morgan fingerprint density at radius 2 is 1.75 bits per heavy atom. The van der Waals surface area contributed by atoms with Crippen LogP contribution in [0.5, 0.6) is 11.5 Å². The third kappa shape index (κ3) is 7.65. The summed E-state index contributed by atoms with van der Waals surface area (Å²) in [5.74, 6) is 0.377. The Kier molecular flexibility index (Phi) is 11.3. The zero-order valence-corrected chi connectivity index (χ0v) is 31.4. The molecule has 1 amide bonds. The van der Waals surface area contributed by atoms with Gasteiger partial charge in [0.1, 0.15) is 11.1 Å². The van der Waals surface area contributed by atoms with E-state index in [2.05, 4.69) is 0 Å². The minimum atomic E-state index is -4.43. The summed E-state index contributed by atoms with van der Waals surface area (Å²) in [6.07, 6.45) is 2.47. The van der Waals surface area contributed by atoms with Gasteiger partial charge in [-0.2, -0.15) is 4.31 Å². The van der Waals surface area contributed by atoms with Crippen molar-refractivity contribution in [1.82, 2.24) is 13.8 Å². The number of amides is 1. The van der Waals surface area contributed by atoms with Gasteiger partial charge in [-0.15, -0.1) is 0 Å². The molecule has 282 valence electrons. The van der Waals surface area contributed by atoms with E-state index >= 15 is 0 Å². The molecule has 0 radical (unpaired) electrons. The number of hydrogen-bond donors (Lipinski definition) is 0. The van der Waals surface area contributed by atoms with E-state index in [4.69, 9.17) is 23.7 Å². The first-order chi connectivity index (χ1) is 24.5. The molecule has 3 heterocycles. The van der Waals surface area contributed by atoms with Gasteiger partial charge in [0.2, 0.25) is 15.9 Å². The van der Waals surface area contributed by atoms with Gasteiger partial charge in [0.15, 0.2) is 22.7 Å². The quantitative estimate of drug-likeness (QED) is 0.219.